The van der Waals surface area contributed by atoms with Crippen LogP contribution in [0.5, 0.6) is 11.5 Å². The van der Waals surface area contributed by atoms with E-state index in [0.717, 1.165) is 63.8 Å². The molecule has 0 unspecified atom stereocenters. The fourth-order valence-corrected chi connectivity index (χ4v) is 6.16. The molecule has 0 aliphatic carbocycles. The van der Waals surface area contributed by atoms with Crippen LogP contribution >= 0.6 is 34.9 Å². The van der Waals surface area contributed by atoms with Gasteiger partial charge in [0.1, 0.15) is 4.70 Å². The standard InChI is InChI=1S/C27H31NO5S3/c29-27(30)6-3-11-28-22-4-1-2-5-25(22)36-26(28)10-8-21-7-9-23-24(20-21)33-15-19-35-17-13-31-12-16-34-18-14-32-23/h1-2,4-5,7-10,20H,3,6,11-19H2/p+1/b10-8-. The van der Waals surface area contributed by atoms with E-state index >= 15 is 0 Å². The number of hydrogen-bond donors (Lipinski definition) is 1. The molecule has 1 aliphatic heterocycles. The molecule has 0 saturated heterocycles. The number of thiazole rings is 1. The van der Waals surface area contributed by atoms with E-state index in [1.54, 1.807) is 11.3 Å². The number of rotatable bonds is 6. The first-order chi connectivity index (χ1) is 17.7. The summed E-state index contributed by atoms with van der Waals surface area (Å²) >= 11 is 5.38. The van der Waals surface area contributed by atoms with Crippen LogP contribution in [0.1, 0.15) is 23.4 Å². The highest BCUT2D eigenvalue weighted by molar-refractivity contribution is 7.99. The second-order valence-electron chi connectivity index (χ2n) is 8.13. The van der Waals surface area contributed by atoms with Gasteiger partial charge in [0.2, 0.25) is 5.52 Å². The number of thioether (sulfide) groups is 2. The second kappa shape index (κ2) is 14.5. The number of hydrogen-bond acceptors (Lipinski definition) is 7. The highest BCUT2D eigenvalue weighted by Gasteiger charge is 2.18. The summed E-state index contributed by atoms with van der Waals surface area (Å²) in [4.78, 5) is 11.0. The fraction of sp³-hybridized carbons (Fsp3) is 0.407. The Morgan fingerprint density at radius 3 is 2.42 bits per heavy atom. The third kappa shape index (κ3) is 8.16. The molecule has 1 N–H and O–H groups in total. The van der Waals surface area contributed by atoms with Crippen LogP contribution in [-0.2, 0) is 16.1 Å². The summed E-state index contributed by atoms with van der Waals surface area (Å²) in [6, 6.07) is 14.3. The number of carboxylic acid groups (broad SMARTS) is 1. The number of para-hydroxylation sites is 1. The average Bonchev–Trinajstić information content (AvgIpc) is 3.22. The van der Waals surface area contributed by atoms with Crippen LogP contribution in [0.2, 0.25) is 0 Å². The molecule has 4 rings (SSSR count). The molecule has 0 amide bonds. The van der Waals surface area contributed by atoms with Crippen molar-refractivity contribution in [2.24, 2.45) is 0 Å². The first-order valence-electron chi connectivity index (χ1n) is 12.1. The molecule has 0 bridgehead atoms. The largest absolute Gasteiger partial charge is 0.489 e. The Morgan fingerprint density at radius 1 is 0.917 bits per heavy atom. The zero-order valence-corrected chi connectivity index (χ0v) is 22.7. The molecule has 1 aliphatic rings. The SMILES string of the molecule is O=C(O)CCC[n+]1c(/C=C\c2ccc3c(c2)OCCSCCOCCSCCO3)sc2ccccc21. The number of benzene rings is 2. The van der Waals surface area contributed by atoms with Crippen molar-refractivity contribution >= 4 is 63.2 Å². The van der Waals surface area contributed by atoms with Crippen molar-refractivity contribution in [2.75, 3.05) is 49.4 Å². The summed E-state index contributed by atoms with van der Waals surface area (Å²) in [5.74, 6) is 4.54. The molecule has 2 heterocycles. The zero-order valence-electron chi connectivity index (χ0n) is 20.2. The number of carbonyl (C=O) groups is 1. The van der Waals surface area contributed by atoms with Gasteiger partial charge in [0.05, 0.1) is 32.8 Å². The van der Waals surface area contributed by atoms with E-state index in [2.05, 4.69) is 28.9 Å². The molecule has 0 fully saturated rings. The Bertz CT molecular complexity index is 1160. The van der Waals surface area contributed by atoms with Crippen molar-refractivity contribution < 1.29 is 28.7 Å². The number of aromatic nitrogens is 1. The highest BCUT2D eigenvalue weighted by Crippen LogP contribution is 2.30. The third-order valence-electron chi connectivity index (χ3n) is 5.51. The molecule has 192 valence electrons. The number of nitrogens with zero attached hydrogens (tertiary/aromatic N) is 1. The normalized spacial score (nSPS) is 16.0. The molecule has 0 radical (unpaired) electrons. The van der Waals surface area contributed by atoms with Crippen molar-refractivity contribution in [2.45, 2.75) is 19.4 Å². The smallest absolute Gasteiger partial charge is 0.303 e. The third-order valence-corrected chi connectivity index (χ3v) is 8.46. The average molecular weight is 547 g/mol. The molecule has 0 spiro atoms. The van der Waals surface area contributed by atoms with Gasteiger partial charge in [0.15, 0.2) is 18.0 Å². The van der Waals surface area contributed by atoms with Crippen molar-refractivity contribution in [3.8, 4) is 11.5 Å². The van der Waals surface area contributed by atoms with Crippen LogP contribution in [0.15, 0.2) is 42.5 Å². The van der Waals surface area contributed by atoms with Gasteiger partial charge in [-0.15, -0.1) is 0 Å². The van der Waals surface area contributed by atoms with E-state index in [-0.39, 0.29) is 6.42 Å². The van der Waals surface area contributed by atoms with Gasteiger partial charge in [-0.05, 0) is 29.8 Å². The first-order valence-corrected chi connectivity index (χ1v) is 15.3. The molecule has 9 heteroatoms. The molecular weight excluding hydrogens is 515 g/mol. The van der Waals surface area contributed by atoms with Gasteiger partial charge < -0.3 is 19.3 Å². The van der Waals surface area contributed by atoms with E-state index in [1.165, 1.54) is 4.70 Å². The van der Waals surface area contributed by atoms with Gasteiger partial charge in [-0.25, -0.2) is 0 Å². The first kappa shape index (κ1) is 26.9. The van der Waals surface area contributed by atoms with Crippen LogP contribution in [0, 0.1) is 0 Å². The lowest BCUT2D eigenvalue weighted by molar-refractivity contribution is -0.669. The number of aliphatic carboxylic acids is 1. The number of carboxylic acids is 1. The Morgan fingerprint density at radius 2 is 1.64 bits per heavy atom. The Labute approximate surface area is 224 Å². The lowest BCUT2D eigenvalue weighted by Gasteiger charge is -2.13. The highest BCUT2D eigenvalue weighted by atomic mass is 32.2. The van der Waals surface area contributed by atoms with E-state index in [1.807, 2.05) is 53.9 Å². The van der Waals surface area contributed by atoms with Crippen LogP contribution in [0.3, 0.4) is 0 Å². The van der Waals surface area contributed by atoms with E-state index < -0.39 is 5.97 Å². The second-order valence-corrected chi connectivity index (χ2v) is 11.6. The maximum atomic E-state index is 11.0. The predicted octanol–water partition coefficient (Wildman–Crippen LogP) is 5.48. The van der Waals surface area contributed by atoms with Crippen molar-refractivity contribution in [1.82, 2.24) is 0 Å². The summed E-state index contributed by atoms with van der Waals surface area (Å²) in [5, 5.41) is 10.2. The molecule has 0 atom stereocenters. The number of ether oxygens (including phenoxy) is 3. The Hall–Kier alpha value is -2.20. The zero-order chi connectivity index (χ0) is 25.0. The van der Waals surface area contributed by atoms with E-state index in [4.69, 9.17) is 19.3 Å². The minimum Gasteiger partial charge on any atom is -0.489 e. The summed E-state index contributed by atoms with van der Waals surface area (Å²) in [5.41, 5.74) is 2.16. The van der Waals surface area contributed by atoms with Crippen LogP contribution in [-0.4, -0.2) is 60.5 Å². The van der Waals surface area contributed by atoms with Crippen molar-refractivity contribution in [3.63, 3.8) is 0 Å². The summed E-state index contributed by atoms with van der Waals surface area (Å²) < 4.78 is 21.2. The molecule has 3 aromatic rings. The minimum atomic E-state index is -0.764. The Balaban J connectivity index is 1.51. The number of aryl methyl sites for hydroxylation is 1. The lowest BCUT2D eigenvalue weighted by Crippen LogP contribution is -2.35. The lowest BCUT2D eigenvalue weighted by atomic mass is 10.2. The fourth-order valence-electron chi connectivity index (χ4n) is 3.79. The molecule has 0 saturated carbocycles. The number of fused-ring (bicyclic) bond motifs is 2. The molecular formula is C27H32NO5S3+. The van der Waals surface area contributed by atoms with Crippen molar-refractivity contribution in [3.05, 3.63) is 53.0 Å². The quantitative estimate of drug-likeness (QED) is 0.411. The summed E-state index contributed by atoms with van der Waals surface area (Å²) in [6.07, 6.45) is 4.94. The maximum Gasteiger partial charge on any atom is 0.303 e. The molecule has 2 aromatic carbocycles. The molecule has 6 nitrogen and oxygen atoms in total. The van der Waals surface area contributed by atoms with E-state index in [9.17, 15) is 4.79 Å². The van der Waals surface area contributed by atoms with Gasteiger partial charge in [0.25, 0.3) is 5.01 Å². The molecule has 36 heavy (non-hydrogen) atoms. The topological polar surface area (TPSA) is 68.9 Å². The predicted molar refractivity (Wildman–Crippen MR) is 151 cm³/mol. The van der Waals surface area contributed by atoms with Gasteiger partial charge >= 0.3 is 5.97 Å². The van der Waals surface area contributed by atoms with Crippen LogP contribution in [0.25, 0.3) is 22.4 Å². The minimum absolute atomic E-state index is 0.159. The van der Waals surface area contributed by atoms with Gasteiger partial charge in [-0.3, -0.25) is 4.79 Å². The van der Waals surface area contributed by atoms with Crippen molar-refractivity contribution in [1.29, 1.82) is 0 Å². The van der Waals surface area contributed by atoms with Gasteiger partial charge in [0, 0.05) is 41.6 Å². The Kier molecular flexibility index (Phi) is 10.8. The van der Waals surface area contributed by atoms with Crippen LogP contribution < -0.4 is 14.0 Å². The summed E-state index contributed by atoms with van der Waals surface area (Å²) in [7, 11) is 0. The molecule has 1 aromatic heterocycles. The summed E-state index contributed by atoms with van der Waals surface area (Å²) in [6.45, 7) is 3.47. The van der Waals surface area contributed by atoms with E-state index in [0.29, 0.717) is 26.2 Å². The van der Waals surface area contributed by atoms with Crippen LogP contribution in [0.4, 0.5) is 0 Å². The monoisotopic (exact) mass is 546 g/mol. The maximum absolute atomic E-state index is 11.0. The van der Waals surface area contributed by atoms with Gasteiger partial charge in [-0.1, -0.05) is 29.5 Å². The van der Waals surface area contributed by atoms with Gasteiger partial charge in [-0.2, -0.15) is 28.1 Å².